The Morgan fingerprint density at radius 2 is 1.71 bits per heavy atom. The van der Waals surface area contributed by atoms with Crippen LogP contribution in [-0.4, -0.2) is 14.1 Å². The topological polar surface area (TPSA) is 40.6 Å². The van der Waals surface area contributed by atoms with Crippen molar-refractivity contribution in [1.29, 1.82) is 5.39 Å². The fourth-order valence-corrected chi connectivity index (χ4v) is 2.12. The highest BCUT2D eigenvalue weighted by Gasteiger charge is 2.20. The molecule has 0 N–H and O–H groups in total. The zero-order chi connectivity index (χ0) is 14.7. The fraction of sp³-hybridized carbons (Fsp3) is 0.143. The summed E-state index contributed by atoms with van der Waals surface area (Å²) in [5.41, 5.74) is 1.03. The van der Waals surface area contributed by atoms with Gasteiger partial charge >= 0.3 is 5.69 Å². The number of diazo groups is 1. The second-order valence-electron chi connectivity index (χ2n) is 4.32. The van der Waals surface area contributed by atoms with E-state index in [-0.39, 0.29) is 18.1 Å². The van der Waals surface area contributed by atoms with Crippen LogP contribution in [0.2, 0.25) is 10.0 Å². The monoisotopic (exact) mass is 343 g/mol. The van der Waals surface area contributed by atoms with Crippen molar-refractivity contribution in [3.63, 3.8) is 0 Å². The molecule has 4 nitrogen and oxygen atoms in total. The molecule has 2 aromatic rings. The van der Waals surface area contributed by atoms with Gasteiger partial charge in [-0.15, -0.1) is 0 Å². The van der Waals surface area contributed by atoms with Crippen molar-refractivity contribution in [2.45, 2.75) is 0 Å². The Balaban J connectivity index is 0.00000220. The first-order valence-electron chi connectivity index (χ1n) is 5.80. The standard InChI is InChI=1S/C14H12Cl2N3O.ClH/c1-19(2)13-8-14(12(18-17)7-11(13)16)20-10-5-3-9(15)4-6-10;/h3-8H,1-2H3;1H/q+1;/p-1. The third kappa shape index (κ3) is 4.15. The number of benzene rings is 2. The molecule has 21 heavy (non-hydrogen) atoms. The summed E-state index contributed by atoms with van der Waals surface area (Å²) in [5, 5.41) is 10.1. The summed E-state index contributed by atoms with van der Waals surface area (Å²) < 4.78 is 5.70. The summed E-state index contributed by atoms with van der Waals surface area (Å²) in [7, 11) is 3.73. The summed E-state index contributed by atoms with van der Waals surface area (Å²) in [4.78, 5) is 5.04. The predicted molar refractivity (Wildman–Crippen MR) is 82.0 cm³/mol. The highest BCUT2D eigenvalue weighted by Crippen LogP contribution is 2.39. The molecule has 0 aliphatic rings. The zero-order valence-corrected chi connectivity index (χ0v) is 13.6. The first-order chi connectivity index (χ1) is 9.51. The second-order valence-corrected chi connectivity index (χ2v) is 5.17. The maximum Gasteiger partial charge on any atom is 0.428 e. The van der Waals surface area contributed by atoms with Gasteiger partial charge in [-0.2, -0.15) is 0 Å². The van der Waals surface area contributed by atoms with E-state index in [2.05, 4.69) is 4.98 Å². The van der Waals surface area contributed by atoms with E-state index in [0.717, 1.165) is 5.69 Å². The lowest BCUT2D eigenvalue weighted by molar-refractivity contribution is -0.00000460. The van der Waals surface area contributed by atoms with Gasteiger partial charge in [-0.05, 0) is 24.3 Å². The summed E-state index contributed by atoms with van der Waals surface area (Å²) in [6, 6.07) is 10.2. The minimum atomic E-state index is 0. The van der Waals surface area contributed by atoms with Crippen LogP contribution in [0.15, 0.2) is 36.4 Å². The predicted octanol–water partition coefficient (Wildman–Crippen LogP) is 2.34. The molecule has 2 aromatic carbocycles. The highest BCUT2D eigenvalue weighted by molar-refractivity contribution is 6.33. The molecule has 0 amide bonds. The van der Waals surface area contributed by atoms with Crippen LogP contribution in [0.1, 0.15) is 0 Å². The molecule has 0 saturated heterocycles. The Morgan fingerprint density at radius 1 is 1.10 bits per heavy atom. The van der Waals surface area contributed by atoms with Crippen LogP contribution >= 0.6 is 23.2 Å². The summed E-state index contributed by atoms with van der Waals surface area (Å²) in [5.74, 6) is 0.995. The van der Waals surface area contributed by atoms with Crippen LogP contribution in [0.25, 0.3) is 4.98 Å². The Kier molecular flexibility index (Phi) is 6.10. The number of ether oxygens (including phenoxy) is 1. The van der Waals surface area contributed by atoms with E-state index < -0.39 is 0 Å². The van der Waals surface area contributed by atoms with E-state index in [1.165, 1.54) is 0 Å². The molecule has 0 atom stereocenters. The smallest absolute Gasteiger partial charge is 0.428 e. The molecule has 0 spiro atoms. The Labute approximate surface area is 139 Å². The molecule has 0 saturated carbocycles. The Hall–Kier alpha value is -1.67. The van der Waals surface area contributed by atoms with Crippen LogP contribution in [0.5, 0.6) is 11.5 Å². The van der Waals surface area contributed by atoms with Crippen molar-refractivity contribution >= 4 is 34.6 Å². The van der Waals surface area contributed by atoms with Gasteiger partial charge in [-0.1, -0.05) is 23.2 Å². The fourth-order valence-electron chi connectivity index (χ4n) is 1.66. The molecule has 2 rings (SSSR count). The van der Waals surface area contributed by atoms with E-state index in [1.807, 2.05) is 19.0 Å². The number of anilines is 1. The van der Waals surface area contributed by atoms with Gasteiger partial charge in [-0.3, -0.25) is 0 Å². The maximum absolute atomic E-state index is 9.05. The SMILES string of the molecule is CN(C)c1cc(Oc2ccc(Cl)cc2)c([N+]#N)cc1Cl.[Cl-]. The van der Waals surface area contributed by atoms with Gasteiger partial charge in [0.05, 0.1) is 16.8 Å². The van der Waals surface area contributed by atoms with Crippen LogP contribution in [-0.2, 0) is 0 Å². The molecule has 0 aliphatic carbocycles. The lowest BCUT2D eigenvalue weighted by Gasteiger charge is -2.14. The van der Waals surface area contributed by atoms with Crippen LogP contribution in [0.3, 0.4) is 0 Å². The Morgan fingerprint density at radius 3 is 2.24 bits per heavy atom. The van der Waals surface area contributed by atoms with Crippen molar-refractivity contribution in [1.82, 2.24) is 0 Å². The summed E-state index contributed by atoms with van der Waals surface area (Å²) >= 11 is 11.9. The molecule has 0 unspecified atom stereocenters. The van der Waals surface area contributed by atoms with Crippen molar-refractivity contribution in [2.24, 2.45) is 0 Å². The zero-order valence-electron chi connectivity index (χ0n) is 11.3. The van der Waals surface area contributed by atoms with Gasteiger partial charge < -0.3 is 22.0 Å². The van der Waals surface area contributed by atoms with E-state index in [0.29, 0.717) is 21.5 Å². The first-order valence-corrected chi connectivity index (χ1v) is 6.56. The normalized spacial score (nSPS) is 9.48. The third-order valence-electron chi connectivity index (χ3n) is 2.66. The second kappa shape index (κ2) is 7.37. The first kappa shape index (κ1) is 17.4. The Bertz CT molecular complexity index is 666. The van der Waals surface area contributed by atoms with Crippen molar-refractivity contribution < 1.29 is 17.1 Å². The minimum absolute atomic E-state index is 0. The number of nitrogens with zero attached hydrogens (tertiary/aromatic N) is 3. The van der Waals surface area contributed by atoms with Gasteiger partial charge in [0, 0.05) is 25.2 Å². The van der Waals surface area contributed by atoms with Gasteiger partial charge in [0.1, 0.15) is 5.75 Å². The number of hydrogen-bond acceptors (Lipinski definition) is 3. The minimum Gasteiger partial charge on any atom is -1.00 e. The van der Waals surface area contributed by atoms with Gasteiger partial charge in [0.15, 0.2) is 4.98 Å². The van der Waals surface area contributed by atoms with E-state index in [9.17, 15) is 0 Å². The molecule has 0 aromatic heterocycles. The van der Waals surface area contributed by atoms with Crippen molar-refractivity contribution in [3.05, 3.63) is 51.4 Å². The van der Waals surface area contributed by atoms with E-state index >= 15 is 0 Å². The number of rotatable bonds is 3. The van der Waals surface area contributed by atoms with Crippen molar-refractivity contribution in [3.8, 4) is 11.5 Å². The van der Waals surface area contributed by atoms with Crippen molar-refractivity contribution in [2.75, 3.05) is 19.0 Å². The molecule has 110 valence electrons. The lowest BCUT2D eigenvalue weighted by Crippen LogP contribution is -3.00. The molecule has 0 bridgehead atoms. The summed E-state index contributed by atoms with van der Waals surface area (Å²) in [6.07, 6.45) is 0. The molecule has 0 fully saturated rings. The molecule has 0 heterocycles. The van der Waals surface area contributed by atoms with Crippen LogP contribution in [0.4, 0.5) is 11.4 Å². The third-order valence-corrected chi connectivity index (χ3v) is 3.21. The number of hydrogen-bond donors (Lipinski definition) is 0. The molecule has 0 radical (unpaired) electrons. The van der Waals surface area contributed by atoms with E-state index in [4.69, 9.17) is 33.3 Å². The highest BCUT2D eigenvalue weighted by atomic mass is 35.5. The van der Waals surface area contributed by atoms with Gasteiger partial charge in [-0.25, -0.2) is 0 Å². The molecule has 0 aliphatic heterocycles. The quantitative estimate of drug-likeness (QED) is 0.803. The summed E-state index contributed by atoms with van der Waals surface area (Å²) in [6.45, 7) is 0. The average molecular weight is 345 g/mol. The number of halogens is 3. The maximum atomic E-state index is 9.05. The van der Waals surface area contributed by atoms with E-state index in [1.54, 1.807) is 36.4 Å². The average Bonchev–Trinajstić information content (AvgIpc) is 2.42. The lowest BCUT2D eigenvalue weighted by atomic mass is 10.2. The molecular formula is C14H12Cl3N3O. The van der Waals surface area contributed by atoms with Crippen LogP contribution < -0.4 is 22.0 Å². The van der Waals surface area contributed by atoms with Crippen LogP contribution in [0, 0.1) is 5.39 Å². The largest absolute Gasteiger partial charge is 1.00 e. The molecular weight excluding hydrogens is 333 g/mol. The molecule has 7 heteroatoms. The van der Waals surface area contributed by atoms with Gasteiger partial charge in [0.25, 0.3) is 0 Å². The van der Waals surface area contributed by atoms with Gasteiger partial charge in [0.2, 0.25) is 11.1 Å².